The van der Waals surface area contributed by atoms with E-state index in [1.807, 2.05) is 42.5 Å². The number of halogens is 1. The third-order valence-corrected chi connectivity index (χ3v) is 5.67. The van der Waals surface area contributed by atoms with Crippen LogP contribution < -0.4 is 4.74 Å². The second kappa shape index (κ2) is 8.22. The van der Waals surface area contributed by atoms with Gasteiger partial charge in [-0.3, -0.25) is 0 Å². The van der Waals surface area contributed by atoms with Crippen LogP contribution in [0, 0.1) is 23.7 Å². The summed E-state index contributed by atoms with van der Waals surface area (Å²) in [7, 11) is 0. The van der Waals surface area contributed by atoms with Crippen molar-refractivity contribution < 1.29 is 4.74 Å². The van der Waals surface area contributed by atoms with Crippen molar-refractivity contribution >= 4 is 55.3 Å². The van der Waals surface area contributed by atoms with E-state index in [1.165, 1.54) is 11.8 Å². The summed E-state index contributed by atoms with van der Waals surface area (Å²) >= 11 is 6.35. The first-order chi connectivity index (χ1) is 12.2. The molecule has 1 aromatic heterocycles. The Balaban J connectivity index is 1.91. The van der Waals surface area contributed by atoms with Gasteiger partial charge in [0.2, 0.25) is 0 Å². The van der Waals surface area contributed by atoms with Crippen molar-refractivity contribution in [2.24, 2.45) is 0 Å². The number of ether oxygens (including phenoxy) is 1. The average Bonchev–Trinajstić information content (AvgIpc) is 3.02. The smallest absolute Gasteiger partial charge is 0.156 e. The van der Waals surface area contributed by atoms with Crippen molar-refractivity contribution in [3.05, 3.63) is 57.4 Å². The lowest BCUT2D eigenvalue weighted by Gasteiger charge is -2.07. The van der Waals surface area contributed by atoms with Gasteiger partial charge in [-0.1, -0.05) is 34.0 Å². The summed E-state index contributed by atoms with van der Waals surface area (Å²) in [4.78, 5) is 5.08. The summed E-state index contributed by atoms with van der Waals surface area (Å²) in [6.07, 6.45) is 7.04. The summed E-state index contributed by atoms with van der Waals surface area (Å²) in [5, 5.41) is 9.51. The molecule has 0 aliphatic heterocycles. The molecular formula is C19H11BrN2OS2. The number of benzene rings is 2. The molecule has 0 unspecified atom stereocenters. The fraction of sp³-hybridized carbons (Fsp3) is 0.0526. The van der Waals surface area contributed by atoms with Crippen LogP contribution in [-0.2, 0) is 0 Å². The summed E-state index contributed by atoms with van der Waals surface area (Å²) in [5.41, 5.74) is 1.72. The van der Waals surface area contributed by atoms with Crippen LogP contribution >= 0.6 is 39.0 Å². The number of fused-ring (bicyclic) bond motifs is 1. The monoisotopic (exact) mass is 426 g/mol. The van der Waals surface area contributed by atoms with Crippen LogP contribution in [0.2, 0.25) is 0 Å². The first-order valence-electron chi connectivity index (χ1n) is 7.20. The highest BCUT2D eigenvalue weighted by atomic mass is 79.9. The molecule has 6 heteroatoms. The van der Waals surface area contributed by atoms with E-state index in [9.17, 15) is 5.26 Å². The van der Waals surface area contributed by atoms with Gasteiger partial charge >= 0.3 is 0 Å². The lowest BCUT2D eigenvalue weighted by molar-refractivity contribution is 0.369. The lowest BCUT2D eigenvalue weighted by atomic mass is 10.2. The third-order valence-electron chi connectivity index (χ3n) is 3.15. The molecular weight excluding hydrogens is 416 g/mol. The second-order valence-corrected chi connectivity index (χ2v) is 8.08. The largest absolute Gasteiger partial charge is 0.480 e. The van der Waals surface area contributed by atoms with Crippen molar-refractivity contribution in [2.75, 3.05) is 6.61 Å². The highest BCUT2D eigenvalue weighted by Crippen LogP contribution is 2.35. The van der Waals surface area contributed by atoms with Crippen molar-refractivity contribution in [3.8, 4) is 24.2 Å². The van der Waals surface area contributed by atoms with Gasteiger partial charge in [-0.2, -0.15) is 5.26 Å². The molecule has 0 aliphatic carbocycles. The van der Waals surface area contributed by atoms with Crippen molar-refractivity contribution in [1.29, 1.82) is 5.26 Å². The van der Waals surface area contributed by atoms with Crippen LogP contribution in [0.1, 0.15) is 5.56 Å². The van der Waals surface area contributed by atoms with E-state index in [1.54, 1.807) is 17.4 Å². The van der Waals surface area contributed by atoms with Crippen LogP contribution in [-0.4, -0.2) is 11.6 Å². The SMILES string of the molecule is C#CCOc1ccc(Br)cc1C=C(C#N)Sc1nc2ccccc2s1. The van der Waals surface area contributed by atoms with Gasteiger partial charge in [0.15, 0.2) is 4.34 Å². The molecule has 0 N–H and O–H groups in total. The number of nitrogens with zero attached hydrogens (tertiary/aromatic N) is 2. The van der Waals surface area contributed by atoms with Gasteiger partial charge in [0.1, 0.15) is 18.4 Å². The van der Waals surface area contributed by atoms with Crippen molar-refractivity contribution in [2.45, 2.75) is 4.34 Å². The molecule has 0 saturated carbocycles. The fourth-order valence-corrected chi connectivity index (χ4v) is 4.44. The lowest BCUT2D eigenvalue weighted by Crippen LogP contribution is -1.95. The molecule has 3 rings (SSSR count). The Hall–Kier alpha value is -2.25. The Morgan fingerprint density at radius 3 is 2.96 bits per heavy atom. The molecule has 0 amide bonds. The Morgan fingerprint density at radius 1 is 1.36 bits per heavy atom. The quantitative estimate of drug-likeness (QED) is 0.297. The predicted octanol–water partition coefficient (Wildman–Crippen LogP) is 5.73. The Kier molecular flexibility index (Phi) is 5.78. The number of terminal acetylenes is 1. The standard InChI is InChI=1S/C19H11BrN2OS2/c1-2-9-23-17-8-7-14(20)10-13(17)11-15(12-21)24-19-22-16-5-3-4-6-18(16)25-19/h1,3-8,10-11H,9H2. The minimum Gasteiger partial charge on any atom is -0.480 e. The van der Waals surface area contributed by atoms with Crippen LogP contribution in [0.15, 0.2) is 56.2 Å². The number of hydrogen-bond acceptors (Lipinski definition) is 5. The molecule has 3 aromatic rings. The van der Waals surface area contributed by atoms with Crippen LogP contribution in [0.4, 0.5) is 0 Å². The molecule has 1 heterocycles. The number of nitriles is 1. The van der Waals surface area contributed by atoms with E-state index in [4.69, 9.17) is 11.2 Å². The number of rotatable bonds is 5. The number of thioether (sulfide) groups is 1. The van der Waals surface area contributed by atoms with E-state index < -0.39 is 0 Å². The molecule has 0 fully saturated rings. The van der Waals surface area contributed by atoms with E-state index in [0.29, 0.717) is 10.7 Å². The highest BCUT2D eigenvalue weighted by Gasteiger charge is 2.09. The summed E-state index contributed by atoms with van der Waals surface area (Å²) in [6, 6.07) is 15.7. The minimum absolute atomic E-state index is 0.176. The minimum atomic E-state index is 0.176. The maximum Gasteiger partial charge on any atom is 0.156 e. The molecule has 2 aromatic carbocycles. The highest BCUT2D eigenvalue weighted by molar-refractivity contribution is 9.10. The normalized spacial score (nSPS) is 11.1. The van der Waals surface area contributed by atoms with E-state index in [2.05, 4.69) is 32.9 Å². The molecule has 0 spiro atoms. The summed E-state index contributed by atoms with van der Waals surface area (Å²) < 4.78 is 8.38. The zero-order chi connectivity index (χ0) is 17.6. The second-order valence-electron chi connectivity index (χ2n) is 4.84. The molecule has 0 aliphatic rings. The number of hydrogen-bond donors (Lipinski definition) is 0. The molecule has 0 radical (unpaired) electrons. The van der Waals surface area contributed by atoms with Gasteiger partial charge in [-0.25, -0.2) is 4.98 Å². The first kappa shape index (κ1) is 17.6. The van der Waals surface area contributed by atoms with Crippen molar-refractivity contribution in [3.63, 3.8) is 0 Å². The summed E-state index contributed by atoms with van der Waals surface area (Å²) in [5.74, 6) is 3.08. The molecule has 3 nitrogen and oxygen atoms in total. The van der Waals surface area contributed by atoms with Gasteiger partial charge in [-0.15, -0.1) is 17.8 Å². The molecule has 0 atom stereocenters. The number of aromatic nitrogens is 1. The number of allylic oxidation sites excluding steroid dienone is 1. The average molecular weight is 427 g/mol. The Bertz CT molecular complexity index is 995. The molecule has 0 bridgehead atoms. The zero-order valence-electron chi connectivity index (χ0n) is 12.9. The van der Waals surface area contributed by atoms with Gasteiger partial charge in [0.05, 0.1) is 15.1 Å². The number of thiazole rings is 1. The summed E-state index contributed by atoms with van der Waals surface area (Å²) in [6.45, 7) is 0.176. The maximum absolute atomic E-state index is 9.51. The third kappa shape index (κ3) is 4.43. The van der Waals surface area contributed by atoms with E-state index in [-0.39, 0.29) is 6.61 Å². The Labute approximate surface area is 162 Å². The zero-order valence-corrected chi connectivity index (χ0v) is 16.1. The molecule has 122 valence electrons. The predicted molar refractivity (Wildman–Crippen MR) is 108 cm³/mol. The van der Waals surface area contributed by atoms with Crippen molar-refractivity contribution in [1.82, 2.24) is 4.98 Å². The number of para-hydroxylation sites is 1. The van der Waals surface area contributed by atoms with Crippen LogP contribution in [0.25, 0.3) is 16.3 Å². The van der Waals surface area contributed by atoms with Gasteiger partial charge in [-0.05, 0) is 48.2 Å². The topological polar surface area (TPSA) is 45.9 Å². The Morgan fingerprint density at radius 2 is 2.20 bits per heavy atom. The fourth-order valence-electron chi connectivity index (χ4n) is 2.10. The van der Waals surface area contributed by atoms with Crippen LogP contribution in [0.3, 0.4) is 0 Å². The molecule has 0 saturated heterocycles. The first-order valence-corrected chi connectivity index (χ1v) is 9.63. The van der Waals surface area contributed by atoms with Gasteiger partial charge < -0.3 is 4.74 Å². The van der Waals surface area contributed by atoms with E-state index >= 15 is 0 Å². The van der Waals surface area contributed by atoms with Gasteiger partial charge in [0, 0.05) is 10.0 Å². The molecule has 25 heavy (non-hydrogen) atoms. The maximum atomic E-state index is 9.51. The van der Waals surface area contributed by atoms with E-state index in [0.717, 1.165) is 24.6 Å². The van der Waals surface area contributed by atoms with Gasteiger partial charge in [0.25, 0.3) is 0 Å². The van der Waals surface area contributed by atoms with Crippen LogP contribution in [0.5, 0.6) is 5.75 Å².